The van der Waals surface area contributed by atoms with Crippen LogP contribution in [0.4, 0.5) is 0 Å². The fourth-order valence-electron chi connectivity index (χ4n) is 3.19. The van der Waals surface area contributed by atoms with Crippen molar-refractivity contribution in [3.63, 3.8) is 0 Å². The Morgan fingerprint density at radius 2 is 2.31 bits per heavy atom. The summed E-state index contributed by atoms with van der Waals surface area (Å²) in [6.45, 7) is 2.87. The summed E-state index contributed by atoms with van der Waals surface area (Å²) in [7, 11) is 0. The molecule has 3 aromatic rings. The normalized spacial score (nSPS) is 16.5. The summed E-state index contributed by atoms with van der Waals surface area (Å²) in [5.41, 5.74) is 2.16. The number of benzene rings is 1. The summed E-state index contributed by atoms with van der Waals surface area (Å²) >= 11 is 9.25. The van der Waals surface area contributed by atoms with Gasteiger partial charge in [0.1, 0.15) is 6.33 Å². The van der Waals surface area contributed by atoms with Gasteiger partial charge in [-0.2, -0.15) is 0 Å². The predicted octanol–water partition coefficient (Wildman–Crippen LogP) is 4.22. The molecule has 0 spiro atoms. The smallest absolute Gasteiger partial charge is 0.233 e. The van der Waals surface area contributed by atoms with Crippen LogP contribution in [0.15, 0.2) is 47.2 Å². The number of fused-ring (bicyclic) bond motifs is 1. The van der Waals surface area contributed by atoms with E-state index in [1.807, 2.05) is 33.7 Å². The highest BCUT2D eigenvalue weighted by molar-refractivity contribution is 7.99. The van der Waals surface area contributed by atoms with Crippen LogP contribution >= 0.6 is 34.7 Å². The highest BCUT2D eigenvalue weighted by Crippen LogP contribution is 2.33. The van der Waals surface area contributed by atoms with Crippen LogP contribution in [-0.2, 0) is 11.2 Å². The quantitative estimate of drug-likeness (QED) is 0.611. The molecule has 2 aromatic heterocycles. The largest absolute Gasteiger partial charge is 0.335 e. The average Bonchev–Trinajstić information content (AvgIpc) is 3.29. The lowest BCUT2D eigenvalue weighted by Gasteiger charge is -2.33. The third-order valence-corrected chi connectivity index (χ3v) is 6.68. The molecule has 1 aromatic carbocycles. The van der Waals surface area contributed by atoms with E-state index in [4.69, 9.17) is 11.6 Å². The Morgan fingerprint density at radius 3 is 3.15 bits per heavy atom. The molecule has 5 nitrogen and oxygen atoms in total. The minimum Gasteiger partial charge on any atom is -0.335 e. The van der Waals surface area contributed by atoms with Crippen molar-refractivity contribution in [1.82, 2.24) is 19.7 Å². The van der Waals surface area contributed by atoms with Crippen molar-refractivity contribution in [3.05, 3.63) is 57.5 Å². The Kier molecular flexibility index (Phi) is 5.02. The van der Waals surface area contributed by atoms with Crippen molar-refractivity contribution >= 4 is 40.6 Å². The van der Waals surface area contributed by atoms with E-state index in [2.05, 4.69) is 28.6 Å². The van der Waals surface area contributed by atoms with E-state index in [1.54, 1.807) is 17.7 Å². The molecule has 4 rings (SSSR count). The van der Waals surface area contributed by atoms with Gasteiger partial charge in [-0.15, -0.1) is 21.5 Å². The first-order valence-corrected chi connectivity index (χ1v) is 10.5. The molecule has 1 aliphatic heterocycles. The van der Waals surface area contributed by atoms with Gasteiger partial charge in [-0.05, 0) is 48.6 Å². The fraction of sp³-hybridized carbons (Fsp3) is 0.278. The molecule has 3 heterocycles. The Hall–Kier alpha value is -1.83. The van der Waals surface area contributed by atoms with Gasteiger partial charge in [0, 0.05) is 16.4 Å². The minimum atomic E-state index is 0.125. The van der Waals surface area contributed by atoms with Gasteiger partial charge in [-0.25, -0.2) is 0 Å². The number of thiophene rings is 1. The second kappa shape index (κ2) is 7.42. The summed E-state index contributed by atoms with van der Waals surface area (Å²) in [6.07, 6.45) is 2.58. The van der Waals surface area contributed by atoms with Crippen LogP contribution in [0.25, 0.3) is 5.69 Å². The van der Waals surface area contributed by atoms with Crippen LogP contribution in [0.5, 0.6) is 0 Å². The van der Waals surface area contributed by atoms with Gasteiger partial charge in [-0.1, -0.05) is 29.4 Å². The van der Waals surface area contributed by atoms with Crippen molar-refractivity contribution in [2.45, 2.75) is 24.5 Å². The number of aromatic nitrogens is 3. The maximum absolute atomic E-state index is 12.8. The van der Waals surface area contributed by atoms with Crippen LogP contribution in [0, 0.1) is 0 Å². The van der Waals surface area contributed by atoms with Gasteiger partial charge < -0.3 is 4.90 Å². The Labute approximate surface area is 165 Å². The minimum absolute atomic E-state index is 0.125. The molecule has 0 unspecified atom stereocenters. The lowest BCUT2D eigenvalue weighted by molar-refractivity contribution is -0.130. The Morgan fingerprint density at radius 1 is 1.42 bits per heavy atom. The van der Waals surface area contributed by atoms with Crippen molar-refractivity contribution in [2.75, 3.05) is 12.3 Å². The lowest BCUT2D eigenvalue weighted by atomic mass is 10.0. The van der Waals surface area contributed by atoms with Crippen LogP contribution in [0.2, 0.25) is 5.02 Å². The standard InChI is InChI=1S/C18H17ClN4OS2/c1-12-15-6-8-25-16(15)5-7-22(12)17(24)10-26-18-21-20-11-23(18)14-4-2-3-13(19)9-14/h2-4,6,8-9,11-12H,5,7,10H2,1H3/t12-/m1/s1. The SMILES string of the molecule is C[C@@H]1c2ccsc2CCN1C(=O)CSc1nncn1-c1cccc(Cl)c1. The van der Waals surface area contributed by atoms with E-state index < -0.39 is 0 Å². The zero-order valence-corrected chi connectivity index (χ0v) is 16.5. The summed E-state index contributed by atoms with van der Waals surface area (Å²) < 4.78 is 1.85. The Balaban J connectivity index is 1.46. The molecule has 1 atom stereocenters. The average molecular weight is 405 g/mol. The molecule has 0 radical (unpaired) electrons. The number of amides is 1. The van der Waals surface area contributed by atoms with E-state index in [0.717, 1.165) is 18.7 Å². The molecule has 0 aliphatic carbocycles. The fourth-order valence-corrected chi connectivity index (χ4v) is 5.15. The number of thioether (sulfide) groups is 1. The van der Waals surface area contributed by atoms with Crippen LogP contribution < -0.4 is 0 Å². The van der Waals surface area contributed by atoms with E-state index in [0.29, 0.717) is 15.9 Å². The zero-order chi connectivity index (χ0) is 18.1. The van der Waals surface area contributed by atoms with E-state index in [9.17, 15) is 4.79 Å². The highest BCUT2D eigenvalue weighted by Gasteiger charge is 2.28. The van der Waals surface area contributed by atoms with Gasteiger partial charge >= 0.3 is 0 Å². The molecule has 1 amide bonds. The first-order valence-electron chi connectivity index (χ1n) is 8.28. The van der Waals surface area contributed by atoms with Crippen molar-refractivity contribution in [1.29, 1.82) is 0 Å². The second-order valence-corrected chi connectivity index (χ2v) is 8.44. The molecule has 0 bridgehead atoms. The molecular weight excluding hydrogens is 388 g/mol. The first-order chi connectivity index (χ1) is 12.6. The Bertz CT molecular complexity index is 939. The third-order valence-electron chi connectivity index (χ3n) is 4.53. The lowest BCUT2D eigenvalue weighted by Crippen LogP contribution is -2.39. The predicted molar refractivity (Wildman–Crippen MR) is 105 cm³/mol. The van der Waals surface area contributed by atoms with Gasteiger partial charge in [0.25, 0.3) is 0 Å². The second-order valence-electron chi connectivity index (χ2n) is 6.06. The monoisotopic (exact) mass is 404 g/mol. The maximum Gasteiger partial charge on any atom is 0.233 e. The number of hydrogen-bond donors (Lipinski definition) is 0. The summed E-state index contributed by atoms with van der Waals surface area (Å²) in [5, 5.41) is 11.6. The van der Waals surface area contributed by atoms with E-state index in [1.165, 1.54) is 22.2 Å². The number of rotatable bonds is 4. The number of nitrogens with zero attached hydrogens (tertiary/aromatic N) is 4. The molecule has 134 valence electrons. The molecule has 0 saturated heterocycles. The highest BCUT2D eigenvalue weighted by atomic mass is 35.5. The van der Waals surface area contributed by atoms with Crippen molar-refractivity contribution < 1.29 is 4.79 Å². The molecule has 1 aliphatic rings. The van der Waals surface area contributed by atoms with Gasteiger partial charge in [0.05, 0.1) is 17.5 Å². The van der Waals surface area contributed by atoms with Crippen molar-refractivity contribution in [3.8, 4) is 5.69 Å². The van der Waals surface area contributed by atoms with Gasteiger partial charge in [0.2, 0.25) is 5.91 Å². The van der Waals surface area contributed by atoms with Crippen LogP contribution in [0.3, 0.4) is 0 Å². The molecule has 8 heteroatoms. The maximum atomic E-state index is 12.8. The molecular formula is C18H17ClN4OS2. The molecule has 0 fully saturated rings. The summed E-state index contributed by atoms with van der Waals surface area (Å²) in [6, 6.07) is 9.75. The molecule has 0 N–H and O–H groups in total. The van der Waals surface area contributed by atoms with Gasteiger partial charge in [0.15, 0.2) is 5.16 Å². The number of halogens is 1. The molecule has 26 heavy (non-hydrogen) atoms. The van der Waals surface area contributed by atoms with Crippen LogP contribution in [-0.4, -0.2) is 37.9 Å². The van der Waals surface area contributed by atoms with Gasteiger partial charge in [-0.3, -0.25) is 9.36 Å². The topological polar surface area (TPSA) is 51.0 Å². The van der Waals surface area contributed by atoms with E-state index >= 15 is 0 Å². The first kappa shape index (κ1) is 17.6. The zero-order valence-electron chi connectivity index (χ0n) is 14.1. The molecule has 0 saturated carbocycles. The summed E-state index contributed by atoms with van der Waals surface area (Å²) in [5.74, 6) is 0.461. The van der Waals surface area contributed by atoms with E-state index in [-0.39, 0.29) is 11.9 Å². The van der Waals surface area contributed by atoms with Crippen molar-refractivity contribution in [2.24, 2.45) is 0 Å². The van der Waals surface area contributed by atoms with Crippen LogP contribution in [0.1, 0.15) is 23.4 Å². The number of hydrogen-bond acceptors (Lipinski definition) is 5. The number of carbonyl (C=O) groups is 1. The third kappa shape index (κ3) is 3.39. The summed E-state index contributed by atoms with van der Waals surface area (Å²) in [4.78, 5) is 16.1. The number of carbonyl (C=O) groups excluding carboxylic acids is 1.